The van der Waals surface area contributed by atoms with E-state index in [0.29, 0.717) is 12.8 Å². The van der Waals surface area contributed by atoms with Gasteiger partial charge in [0.05, 0.1) is 18.8 Å². The second-order valence-electron chi connectivity index (χ2n) is 15.7. The molecule has 0 aromatic carbocycles. The third-order valence-electron chi connectivity index (χ3n) is 10.6. The van der Waals surface area contributed by atoms with Gasteiger partial charge in [-0.15, -0.1) is 0 Å². The number of nitrogens with one attached hydrogen (secondary N) is 1. The van der Waals surface area contributed by atoms with Gasteiger partial charge in [-0.2, -0.15) is 0 Å². The SMILES string of the molecule is CCCCCCCCCCCC/C=C\CCCCCCCCC(O)C(=O)NC(CO)C(O)C(O)CCC/C=C/CCCCCCCCCCCCC. The van der Waals surface area contributed by atoms with Crippen LogP contribution in [0.3, 0.4) is 0 Å². The van der Waals surface area contributed by atoms with Crippen molar-refractivity contribution >= 4 is 5.91 Å². The molecule has 0 rings (SSSR count). The summed E-state index contributed by atoms with van der Waals surface area (Å²) in [5, 5.41) is 43.7. The Kier molecular flexibility index (Phi) is 40.0. The quantitative estimate of drug-likeness (QED) is 0.0317. The van der Waals surface area contributed by atoms with E-state index in [0.717, 1.165) is 44.9 Å². The molecule has 4 atom stereocenters. The van der Waals surface area contributed by atoms with E-state index in [9.17, 15) is 25.2 Å². The highest BCUT2D eigenvalue weighted by molar-refractivity contribution is 5.80. The summed E-state index contributed by atoms with van der Waals surface area (Å²) >= 11 is 0. The van der Waals surface area contributed by atoms with Crippen LogP contribution in [0.15, 0.2) is 24.3 Å². The monoisotopic (exact) mass is 736 g/mol. The summed E-state index contributed by atoms with van der Waals surface area (Å²) in [6.07, 6.45) is 46.4. The minimum Gasteiger partial charge on any atom is -0.394 e. The lowest BCUT2D eigenvalue weighted by Gasteiger charge is -2.27. The van der Waals surface area contributed by atoms with Crippen LogP contribution in [-0.4, -0.2) is 57.3 Å². The molecule has 0 aromatic rings. The van der Waals surface area contributed by atoms with Crippen molar-refractivity contribution in [3.63, 3.8) is 0 Å². The van der Waals surface area contributed by atoms with Crippen LogP contribution < -0.4 is 5.32 Å². The summed E-state index contributed by atoms with van der Waals surface area (Å²) in [6, 6.07) is -1.00. The van der Waals surface area contributed by atoms with Crippen LogP contribution in [0.5, 0.6) is 0 Å². The fourth-order valence-corrected chi connectivity index (χ4v) is 6.99. The van der Waals surface area contributed by atoms with Gasteiger partial charge in [0.15, 0.2) is 0 Å². The van der Waals surface area contributed by atoms with Crippen molar-refractivity contribution in [1.29, 1.82) is 0 Å². The average molecular weight is 736 g/mol. The van der Waals surface area contributed by atoms with Crippen LogP contribution >= 0.6 is 0 Å². The zero-order chi connectivity index (χ0) is 38.2. The first-order valence-corrected chi connectivity index (χ1v) is 22.7. The van der Waals surface area contributed by atoms with Crippen molar-refractivity contribution in [3.8, 4) is 0 Å². The number of carbonyl (C=O) groups is 1. The Morgan fingerprint density at radius 1 is 0.462 bits per heavy atom. The zero-order valence-electron chi connectivity index (χ0n) is 34.6. The van der Waals surface area contributed by atoms with Crippen LogP contribution in [0.2, 0.25) is 0 Å². The number of hydrogen-bond acceptors (Lipinski definition) is 5. The van der Waals surface area contributed by atoms with Gasteiger partial charge in [0.1, 0.15) is 12.2 Å². The molecule has 308 valence electrons. The number of allylic oxidation sites excluding steroid dienone is 4. The Morgan fingerprint density at radius 3 is 1.15 bits per heavy atom. The Labute approximate surface area is 323 Å². The van der Waals surface area contributed by atoms with E-state index in [1.54, 1.807) is 0 Å². The van der Waals surface area contributed by atoms with Crippen LogP contribution in [0.25, 0.3) is 0 Å². The number of rotatable bonds is 41. The first-order chi connectivity index (χ1) is 25.5. The van der Waals surface area contributed by atoms with Gasteiger partial charge in [0.25, 0.3) is 0 Å². The van der Waals surface area contributed by atoms with Crippen molar-refractivity contribution in [1.82, 2.24) is 5.32 Å². The van der Waals surface area contributed by atoms with Gasteiger partial charge in [-0.25, -0.2) is 0 Å². The second kappa shape index (κ2) is 41.0. The first kappa shape index (κ1) is 50.8. The highest BCUT2D eigenvalue weighted by Crippen LogP contribution is 2.15. The molecule has 4 unspecified atom stereocenters. The van der Waals surface area contributed by atoms with Crippen LogP contribution in [0.1, 0.15) is 232 Å². The number of hydrogen-bond donors (Lipinski definition) is 5. The summed E-state index contributed by atoms with van der Waals surface area (Å²) in [4.78, 5) is 12.5. The van der Waals surface area contributed by atoms with Gasteiger partial charge in [0.2, 0.25) is 5.91 Å². The summed E-state index contributed by atoms with van der Waals surface area (Å²) in [6.45, 7) is 4.04. The molecule has 6 nitrogen and oxygen atoms in total. The molecule has 5 N–H and O–H groups in total. The summed E-state index contributed by atoms with van der Waals surface area (Å²) in [5.41, 5.74) is 0. The molecule has 0 aromatic heterocycles. The van der Waals surface area contributed by atoms with E-state index < -0.39 is 36.9 Å². The largest absolute Gasteiger partial charge is 0.394 e. The van der Waals surface area contributed by atoms with E-state index in [2.05, 4.69) is 43.5 Å². The van der Waals surface area contributed by atoms with Gasteiger partial charge in [0, 0.05) is 0 Å². The molecule has 0 heterocycles. The van der Waals surface area contributed by atoms with Crippen LogP contribution in [0.4, 0.5) is 0 Å². The molecule has 0 aliphatic rings. The van der Waals surface area contributed by atoms with Gasteiger partial charge >= 0.3 is 0 Å². The lowest BCUT2D eigenvalue weighted by Crippen LogP contribution is -2.53. The molecule has 6 heteroatoms. The fourth-order valence-electron chi connectivity index (χ4n) is 6.99. The van der Waals surface area contributed by atoms with Crippen LogP contribution in [-0.2, 0) is 4.79 Å². The minimum absolute atomic E-state index is 0.357. The molecule has 0 aliphatic carbocycles. The smallest absolute Gasteiger partial charge is 0.249 e. The summed E-state index contributed by atoms with van der Waals surface area (Å²) < 4.78 is 0. The van der Waals surface area contributed by atoms with Crippen molar-refractivity contribution in [2.75, 3.05) is 6.61 Å². The minimum atomic E-state index is -1.28. The first-order valence-electron chi connectivity index (χ1n) is 22.7. The van der Waals surface area contributed by atoms with Crippen molar-refractivity contribution in [2.45, 2.75) is 257 Å². The maximum atomic E-state index is 12.5. The van der Waals surface area contributed by atoms with Gasteiger partial charge in [-0.3, -0.25) is 4.79 Å². The molecule has 0 saturated carbocycles. The average Bonchev–Trinajstić information content (AvgIpc) is 3.15. The normalized spacial score (nSPS) is 14.3. The van der Waals surface area contributed by atoms with E-state index in [4.69, 9.17) is 0 Å². The Hall–Kier alpha value is -1.21. The standard InChI is InChI=1S/C46H89NO5/c1-3-5-7-9-11-13-15-17-19-21-22-23-24-26-28-30-32-34-36-38-40-44(50)46(52)47-42(41-48)45(51)43(49)39-37-35-33-31-29-27-25-20-18-16-14-12-10-8-6-4-2/h23-24,31,33,42-45,48-51H,3-22,25-30,32,34-41H2,1-2H3,(H,47,52)/b24-23-,33-31+. The van der Waals surface area contributed by atoms with E-state index >= 15 is 0 Å². The highest BCUT2D eigenvalue weighted by atomic mass is 16.3. The summed E-state index contributed by atoms with van der Waals surface area (Å²) in [5.74, 6) is -0.597. The van der Waals surface area contributed by atoms with Gasteiger partial charge in [-0.05, 0) is 64.2 Å². The van der Waals surface area contributed by atoms with Crippen molar-refractivity contribution in [3.05, 3.63) is 24.3 Å². The molecule has 0 spiro atoms. The van der Waals surface area contributed by atoms with Crippen molar-refractivity contribution < 1.29 is 25.2 Å². The van der Waals surface area contributed by atoms with E-state index in [1.807, 2.05) is 0 Å². The number of amides is 1. The molecule has 0 fully saturated rings. The fraction of sp³-hybridized carbons (Fsp3) is 0.891. The number of aliphatic hydroxyl groups is 4. The highest BCUT2D eigenvalue weighted by Gasteiger charge is 2.28. The summed E-state index contributed by atoms with van der Waals surface area (Å²) in [7, 11) is 0. The molecular weight excluding hydrogens is 647 g/mol. The number of unbranched alkanes of at least 4 members (excludes halogenated alkanes) is 28. The van der Waals surface area contributed by atoms with E-state index in [-0.39, 0.29) is 0 Å². The van der Waals surface area contributed by atoms with Crippen molar-refractivity contribution in [2.24, 2.45) is 0 Å². The number of aliphatic hydroxyl groups excluding tert-OH is 4. The lowest BCUT2D eigenvalue weighted by atomic mass is 10.00. The predicted octanol–water partition coefficient (Wildman–Crippen LogP) is 12.0. The van der Waals surface area contributed by atoms with Gasteiger partial charge in [-0.1, -0.05) is 192 Å². The van der Waals surface area contributed by atoms with Gasteiger partial charge < -0.3 is 25.7 Å². The maximum Gasteiger partial charge on any atom is 0.249 e. The second-order valence-corrected chi connectivity index (χ2v) is 15.7. The predicted molar refractivity (Wildman–Crippen MR) is 224 cm³/mol. The Morgan fingerprint density at radius 2 is 0.788 bits per heavy atom. The lowest BCUT2D eigenvalue weighted by molar-refractivity contribution is -0.132. The molecule has 0 bridgehead atoms. The third kappa shape index (κ3) is 34.6. The van der Waals surface area contributed by atoms with E-state index in [1.165, 1.54) is 161 Å². The molecule has 0 aliphatic heterocycles. The zero-order valence-corrected chi connectivity index (χ0v) is 34.6. The topological polar surface area (TPSA) is 110 Å². The molecule has 52 heavy (non-hydrogen) atoms. The molecular formula is C46H89NO5. The maximum absolute atomic E-state index is 12.5. The Balaban J connectivity index is 3.76. The molecule has 1 amide bonds. The molecule has 0 radical (unpaired) electrons. The third-order valence-corrected chi connectivity index (χ3v) is 10.6. The molecule has 0 saturated heterocycles. The Bertz CT molecular complexity index is 787. The number of carbonyl (C=O) groups excluding carboxylic acids is 1. The van der Waals surface area contributed by atoms with Crippen LogP contribution in [0, 0.1) is 0 Å².